The van der Waals surface area contributed by atoms with E-state index in [4.69, 9.17) is 11.6 Å². The second kappa shape index (κ2) is 9.00. The summed E-state index contributed by atoms with van der Waals surface area (Å²) in [5.74, 6) is -0.470. The van der Waals surface area contributed by atoms with Crippen LogP contribution in [0.4, 0.5) is 5.69 Å². The first-order chi connectivity index (χ1) is 16.0. The number of anilines is 1. The molecule has 0 bridgehead atoms. The predicted octanol–water partition coefficient (Wildman–Crippen LogP) is 4.77. The first-order valence-electron chi connectivity index (χ1n) is 11.3. The van der Waals surface area contributed by atoms with Crippen molar-refractivity contribution in [3.63, 3.8) is 0 Å². The number of carbonyl (C=O) groups excluding carboxylic acids is 2. The van der Waals surface area contributed by atoms with Gasteiger partial charge in [0.15, 0.2) is 0 Å². The fourth-order valence-electron chi connectivity index (χ4n) is 4.64. The molecule has 0 radical (unpaired) electrons. The summed E-state index contributed by atoms with van der Waals surface area (Å²) in [5.41, 5.74) is 5.29. The molecule has 0 atom stereocenters. The number of hydrogen-bond acceptors (Lipinski definition) is 4. The second-order valence-electron chi connectivity index (χ2n) is 8.77. The van der Waals surface area contributed by atoms with E-state index >= 15 is 0 Å². The van der Waals surface area contributed by atoms with Crippen LogP contribution in [0.25, 0.3) is 0 Å². The predicted molar refractivity (Wildman–Crippen MR) is 131 cm³/mol. The number of aryl methyl sites for hydroxylation is 1. The van der Waals surface area contributed by atoms with Gasteiger partial charge in [-0.25, -0.2) is 0 Å². The van der Waals surface area contributed by atoms with Gasteiger partial charge in [-0.15, -0.1) is 0 Å². The van der Waals surface area contributed by atoms with Crippen LogP contribution in [0.3, 0.4) is 0 Å². The fraction of sp³-hybridized carbons (Fsp3) is 0.259. The van der Waals surface area contributed by atoms with Crippen LogP contribution in [0.5, 0.6) is 0 Å². The Morgan fingerprint density at radius 2 is 1.52 bits per heavy atom. The number of rotatable bonds is 5. The summed E-state index contributed by atoms with van der Waals surface area (Å²) in [6.07, 6.45) is 0. The highest BCUT2D eigenvalue weighted by Gasteiger charge is 2.38. The van der Waals surface area contributed by atoms with Crippen molar-refractivity contribution in [1.82, 2.24) is 9.80 Å². The third kappa shape index (κ3) is 4.39. The van der Waals surface area contributed by atoms with Crippen LogP contribution in [0.1, 0.15) is 37.4 Å². The lowest BCUT2D eigenvalue weighted by molar-refractivity contribution is 0.0642. The van der Waals surface area contributed by atoms with Gasteiger partial charge in [0.25, 0.3) is 11.8 Å². The second-order valence-corrected chi connectivity index (χ2v) is 9.21. The van der Waals surface area contributed by atoms with Crippen LogP contribution >= 0.6 is 11.6 Å². The monoisotopic (exact) mass is 459 g/mol. The van der Waals surface area contributed by atoms with Crippen LogP contribution in [0.2, 0.25) is 5.02 Å². The molecule has 0 spiro atoms. The number of amides is 2. The molecule has 0 aromatic heterocycles. The molecule has 0 N–H and O–H groups in total. The summed E-state index contributed by atoms with van der Waals surface area (Å²) in [6, 6.07) is 21.5. The van der Waals surface area contributed by atoms with Crippen molar-refractivity contribution in [2.45, 2.75) is 20.0 Å². The number of imide groups is 1. The van der Waals surface area contributed by atoms with E-state index in [1.54, 1.807) is 18.2 Å². The molecule has 5 nitrogen and oxygen atoms in total. The van der Waals surface area contributed by atoms with E-state index < -0.39 is 0 Å². The third-order valence-electron chi connectivity index (χ3n) is 6.45. The topological polar surface area (TPSA) is 43.9 Å². The Balaban J connectivity index is 1.31. The molecule has 2 aliphatic heterocycles. The largest absolute Gasteiger partial charge is 0.368 e. The quantitative estimate of drug-likeness (QED) is 0.516. The highest BCUT2D eigenvalue weighted by Crippen LogP contribution is 2.33. The van der Waals surface area contributed by atoms with Gasteiger partial charge in [0.1, 0.15) is 0 Å². The number of hydrogen-bond donors (Lipinski definition) is 0. The van der Waals surface area contributed by atoms with Crippen molar-refractivity contribution < 1.29 is 9.59 Å². The van der Waals surface area contributed by atoms with Crippen molar-refractivity contribution in [2.24, 2.45) is 0 Å². The summed E-state index contributed by atoms with van der Waals surface area (Å²) < 4.78 is 0. The maximum Gasteiger partial charge on any atom is 0.263 e. The summed E-state index contributed by atoms with van der Waals surface area (Å²) >= 11 is 6.09. The van der Waals surface area contributed by atoms with E-state index in [0.29, 0.717) is 16.1 Å². The number of fused-ring (bicyclic) bond motifs is 1. The van der Waals surface area contributed by atoms with Crippen molar-refractivity contribution in [2.75, 3.05) is 31.1 Å². The molecule has 0 aliphatic carbocycles. The van der Waals surface area contributed by atoms with Gasteiger partial charge >= 0.3 is 0 Å². The number of piperazine rings is 1. The molecule has 3 aromatic carbocycles. The normalized spacial score (nSPS) is 16.4. The first-order valence-corrected chi connectivity index (χ1v) is 11.6. The molecule has 33 heavy (non-hydrogen) atoms. The van der Waals surface area contributed by atoms with Gasteiger partial charge in [-0.2, -0.15) is 0 Å². The Hall–Kier alpha value is -3.15. The van der Waals surface area contributed by atoms with Crippen molar-refractivity contribution >= 4 is 29.1 Å². The lowest BCUT2D eigenvalue weighted by Gasteiger charge is -2.36. The minimum atomic E-state index is -0.241. The van der Waals surface area contributed by atoms with E-state index in [9.17, 15) is 9.59 Å². The molecule has 2 amide bonds. The van der Waals surface area contributed by atoms with Gasteiger partial charge in [0.05, 0.1) is 23.4 Å². The zero-order chi connectivity index (χ0) is 22.9. The first kappa shape index (κ1) is 21.7. The molecule has 2 heterocycles. The van der Waals surface area contributed by atoms with Gasteiger partial charge in [-0.1, -0.05) is 59.6 Å². The van der Waals surface area contributed by atoms with E-state index in [1.165, 1.54) is 16.0 Å². The van der Waals surface area contributed by atoms with E-state index in [-0.39, 0.29) is 18.4 Å². The summed E-state index contributed by atoms with van der Waals surface area (Å²) in [7, 11) is 0. The molecule has 5 rings (SSSR count). The van der Waals surface area contributed by atoms with Crippen LogP contribution in [0.15, 0.2) is 66.7 Å². The maximum atomic E-state index is 13.3. The average Bonchev–Trinajstić information content (AvgIpc) is 3.06. The summed E-state index contributed by atoms with van der Waals surface area (Å²) in [4.78, 5) is 32.4. The molecule has 2 aliphatic rings. The maximum absolute atomic E-state index is 13.3. The Kier molecular flexibility index (Phi) is 5.92. The Bertz CT molecular complexity index is 1200. The third-order valence-corrected chi connectivity index (χ3v) is 6.68. The van der Waals surface area contributed by atoms with E-state index in [1.807, 2.05) is 24.3 Å². The van der Waals surface area contributed by atoms with E-state index in [0.717, 1.165) is 44.0 Å². The van der Waals surface area contributed by atoms with Gasteiger partial charge in [-0.05, 0) is 42.3 Å². The molecule has 0 unspecified atom stereocenters. The highest BCUT2D eigenvalue weighted by molar-refractivity contribution is 6.30. The van der Waals surface area contributed by atoms with Crippen molar-refractivity contribution in [3.8, 4) is 0 Å². The van der Waals surface area contributed by atoms with Crippen LogP contribution in [-0.4, -0.2) is 47.8 Å². The Morgan fingerprint density at radius 1 is 0.788 bits per heavy atom. The minimum Gasteiger partial charge on any atom is -0.368 e. The molecule has 168 valence electrons. The van der Waals surface area contributed by atoms with Crippen LogP contribution in [0, 0.1) is 6.92 Å². The molecule has 3 aromatic rings. The number of nitrogens with zero attached hydrogens (tertiary/aromatic N) is 3. The number of benzene rings is 3. The Labute approximate surface area is 199 Å². The smallest absolute Gasteiger partial charge is 0.263 e. The Morgan fingerprint density at radius 3 is 2.24 bits per heavy atom. The molecule has 0 saturated carbocycles. The van der Waals surface area contributed by atoms with Crippen molar-refractivity contribution in [1.29, 1.82) is 0 Å². The molecular weight excluding hydrogens is 434 g/mol. The lowest BCUT2D eigenvalue weighted by Crippen LogP contribution is -2.46. The SMILES string of the molecule is Cc1ccc(CN2CCN(c3cccc4c3C(=O)N(Cc3cccc(Cl)c3)C4=O)CC2)cc1. The number of carbonyl (C=O) groups is 2. The highest BCUT2D eigenvalue weighted by atomic mass is 35.5. The zero-order valence-corrected chi connectivity index (χ0v) is 19.4. The van der Waals surface area contributed by atoms with Crippen molar-refractivity contribution in [3.05, 3.63) is 99.6 Å². The van der Waals surface area contributed by atoms with Crippen LogP contribution < -0.4 is 4.90 Å². The molecule has 6 heteroatoms. The summed E-state index contributed by atoms with van der Waals surface area (Å²) in [6.45, 7) is 6.69. The van der Waals surface area contributed by atoms with Crippen LogP contribution in [-0.2, 0) is 13.1 Å². The average molecular weight is 460 g/mol. The number of halogens is 1. The minimum absolute atomic E-state index is 0.219. The van der Waals surface area contributed by atoms with Gasteiger partial charge in [0, 0.05) is 37.7 Å². The molecular formula is C27H26ClN3O2. The van der Waals surface area contributed by atoms with E-state index in [2.05, 4.69) is 41.0 Å². The zero-order valence-electron chi connectivity index (χ0n) is 18.6. The molecule has 1 saturated heterocycles. The fourth-order valence-corrected chi connectivity index (χ4v) is 4.85. The lowest BCUT2D eigenvalue weighted by atomic mass is 10.1. The summed E-state index contributed by atoms with van der Waals surface area (Å²) in [5, 5.41) is 0.591. The van der Waals surface area contributed by atoms with Gasteiger partial charge in [-0.3, -0.25) is 19.4 Å². The van der Waals surface area contributed by atoms with Gasteiger partial charge < -0.3 is 4.90 Å². The molecule has 1 fully saturated rings. The standard InChI is InChI=1S/C27H26ClN3O2/c1-19-8-10-20(11-9-19)17-29-12-14-30(15-13-29)24-7-3-6-23-25(24)27(33)31(26(23)32)18-21-4-2-5-22(28)16-21/h2-11,16H,12-15,17-18H2,1H3. The van der Waals surface area contributed by atoms with Gasteiger partial charge in [0.2, 0.25) is 0 Å².